The molecule has 1 aliphatic heterocycles. The van der Waals surface area contributed by atoms with Crippen molar-refractivity contribution in [2.24, 2.45) is 11.8 Å². The van der Waals surface area contributed by atoms with Crippen LogP contribution in [0.25, 0.3) is 11.1 Å². The molecule has 2 unspecified atom stereocenters. The number of anilines is 2. The summed E-state index contributed by atoms with van der Waals surface area (Å²) >= 11 is 1.50. The molecule has 4 nitrogen and oxygen atoms in total. The Labute approximate surface area is 117 Å². The lowest BCUT2D eigenvalue weighted by atomic mass is 10.0. The van der Waals surface area contributed by atoms with Gasteiger partial charge in [-0.1, -0.05) is 19.9 Å². The van der Waals surface area contributed by atoms with E-state index in [1.807, 2.05) is 18.3 Å². The first kappa shape index (κ1) is 12.4. The molecule has 0 radical (unpaired) electrons. The van der Waals surface area contributed by atoms with Crippen molar-refractivity contribution >= 4 is 22.4 Å². The predicted octanol–water partition coefficient (Wildman–Crippen LogP) is 2.88. The number of nitrogen functional groups attached to an aromatic ring is 1. The first-order valence-corrected chi connectivity index (χ1v) is 7.34. The van der Waals surface area contributed by atoms with Crippen LogP contribution >= 0.6 is 11.5 Å². The number of rotatable bonds is 2. The lowest BCUT2D eigenvalue weighted by Crippen LogP contribution is -2.19. The Bertz CT molecular complexity index is 556. The minimum atomic E-state index is 0.611. The second-order valence-corrected chi connectivity index (χ2v) is 6.10. The van der Waals surface area contributed by atoms with Gasteiger partial charge in [0.2, 0.25) is 0 Å². The Morgan fingerprint density at radius 2 is 2.05 bits per heavy atom. The molecular formula is C14H18N4S. The third kappa shape index (κ3) is 2.18. The largest absolute Gasteiger partial charge is 0.382 e. The van der Waals surface area contributed by atoms with Crippen molar-refractivity contribution in [3.05, 3.63) is 24.5 Å². The lowest BCUT2D eigenvalue weighted by molar-refractivity contribution is 0.494. The zero-order valence-corrected chi connectivity index (χ0v) is 12.0. The summed E-state index contributed by atoms with van der Waals surface area (Å²) in [6.07, 6.45) is 3.63. The second kappa shape index (κ2) is 4.81. The van der Waals surface area contributed by atoms with Gasteiger partial charge in [-0.05, 0) is 29.4 Å². The van der Waals surface area contributed by atoms with Gasteiger partial charge in [-0.3, -0.25) is 4.98 Å². The zero-order valence-electron chi connectivity index (χ0n) is 11.2. The van der Waals surface area contributed by atoms with Crippen molar-refractivity contribution < 1.29 is 0 Å². The summed E-state index contributed by atoms with van der Waals surface area (Å²) in [5.74, 6) is 2.04. The molecule has 0 aliphatic carbocycles. The van der Waals surface area contributed by atoms with E-state index in [1.54, 1.807) is 6.20 Å². The van der Waals surface area contributed by atoms with Crippen molar-refractivity contribution in [1.29, 1.82) is 0 Å². The van der Waals surface area contributed by atoms with E-state index in [-0.39, 0.29) is 0 Å². The maximum atomic E-state index is 6.06. The Morgan fingerprint density at radius 1 is 1.32 bits per heavy atom. The number of nitrogens with two attached hydrogens (primary N) is 1. The van der Waals surface area contributed by atoms with Crippen LogP contribution in [0.2, 0.25) is 0 Å². The summed E-state index contributed by atoms with van der Waals surface area (Å²) in [5.41, 5.74) is 8.15. The molecule has 1 saturated heterocycles. The van der Waals surface area contributed by atoms with Gasteiger partial charge in [0, 0.05) is 31.0 Å². The van der Waals surface area contributed by atoms with Crippen LogP contribution in [0.15, 0.2) is 24.5 Å². The predicted molar refractivity (Wildman–Crippen MR) is 80.3 cm³/mol. The van der Waals surface area contributed by atoms with Crippen molar-refractivity contribution in [3.8, 4) is 11.1 Å². The van der Waals surface area contributed by atoms with Crippen LogP contribution in [-0.2, 0) is 0 Å². The van der Waals surface area contributed by atoms with Crippen LogP contribution in [0.3, 0.4) is 0 Å². The van der Waals surface area contributed by atoms with Gasteiger partial charge < -0.3 is 10.6 Å². The van der Waals surface area contributed by atoms with Gasteiger partial charge in [0.15, 0.2) is 0 Å². The molecule has 3 rings (SSSR count). The summed E-state index contributed by atoms with van der Waals surface area (Å²) in [6, 6.07) is 3.98. The molecule has 0 spiro atoms. The van der Waals surface area contributed by atoms with Gasteiger partial charge in [0.25, 0.3) is 0 Å². The average Bonchev–Trinajstić information content (AvgIpc) is 2.95. The van der Waals surface area contributed by atoms with E-state index in [1.165, 1.54) is 16.5 Å². The smallest absolute Gasteiger partial charge is 0.147 e. The normalized spacial score (nSPS) is 22.9. The molecule has 0 amide bonds. The quantitative estimate of drug-likeness (QED) is 0.915. The van der Waals surface area contributed by atoms with Crippen LogP contribution < -0.4 is 10.6 Å². The SMILES string of the molecule is CC1CN(c2snc(N)c2-c2cccnc2)CC1C. The fourth-order valence-corrected chi connectivity index (χ4v) is 3.44. The molecule has 0 saturated carbocycles. The molecule has 2 N–H and O–H groups in total. The van der Waals surface area contributed by atoms with Crippen molar-refractivity contribution in [2.75, 3.05) is 23.7 Å². The third-order valence-electron chi connectivity index (χ3n) is 3.93. The molecule has 0 aromatic carbocycles. The Balaban J connectivity index is 2.00. The number of aromatic nitrogens is 2. The van der Waals surface area contributed by atoms with E-state index in [2.05, 4.69) is 28.1 Å². The molecule has 19 heavy (non-hydrogen) atoms. The van der Waals surface area contributed by atoms with Crippen LogP contribution in [0, 0.1) is 11.8 Å². The summed E-state index contributed by atoms with van der Waals surface area (Å²) in [7, 11) is 0. The standard InChI is InChI=1S/C14H18N4S/c1-9-7-18(8-10(9)2)14-12(13(15)17-19-14)11-4-3-5-16-6-11/h3-6,9-10H,7-8H2,1-2H3,(H2,15,17). The summed E-state index contributed by atoms with van der Waals surface area (Å²) < 4.78 is 4.34. The summed E-state index contributed by atoms with van der Waals surface area (Å²) in [6.45, 7) is 6.77. The molecule has 2 atom stereocenters. The van der Waals surface area contributed by atoms with Gasteiger partial charge in [-0.25, -0.2) is 0 Å². The van der Waals surface area contributed by atoms with Gasteiger partial charge in [-0.15, -0.1) is 0 Å². The van der Waals surface area contributed by atoms with E-state index in [0.29, 0.717) is 17.7 Å². The molecule has 1 aliphatic rings. The zero-order chi connectivity index (χ0) is 13.4. The summed E-state index contributed by atoms with van der Waals surface area (Å²) in [4.78, 5) is 6.59. The van der Waals surface area contributed by atoms with Crippen LogP contribution in [0.1, 0.15) is 13.8 Å². The van der Waals surface area contributed by atoms with E-state index in [4.69, 9.17) is 5.73 Å². The lowest BCUT2D eigenvalue weighted by Gasteiger charge is -2.17. The van der Waals surface area contributed by atoms with Gasteiger partial charge in [0.1, 0.15) is 10.8 Å². The maximum Gasteiger partial charge on any atom is 0.147 e. The van der Waals surface area contributed by atoms with E-state index in [0.717, 1.165) is 24.2 Å². The van der Waals surface area contributed by atoms with E-state index >= 15 is 0 Å². The first-order chi connectivity index (χ1) is 9.16. The highest BCUT2D eigenvalue weighted by Gasteiger charge is 2.29. The average molecular weight is 274 g/mol. The fourth-order valence-electron chi connectivity index (χ4n) is 2.59. The Hall–Kier alpha value is -1.62. The summed E-state index contributed by atoms with van der Waals surface area (Å²) in [5, 5.41) is 1.18. The third-order valence-corrected chi connectivity index (χ3v) is 4.85. The van der Waals surface area contributed by atoms with Crippen LogP contribution in [0.4, 0.5) is 10.8 Å². The topological polar surface area (TPSA) is 55.0 Å². The molecule has 3 heterocycles. The molecule has 5 heteroatoms. The van der Waals surface area contributed by atoms with Gasteiger partial charge in [-0.2, -0.15) is 4.37 Å². The highest BCUT2D eigenvalue weighted by Crippen LogP contribution is 2.41. The van der Waals surface area contributed by atoms with E-state index < -0.39 is 0 Å². The minimum Gasteiger partial charge on any atom is -0.382 e. The molecule has 2 aromatic rings. The number of hydrogen-bond donors (Lipinski definition) is 1. The number of nitrogens with zero attached hydrogens (tertiary/aromatic N) is 3. The maximum absolute atomic E-state index is 6.06. The fraction of sp³-hybridized carbons (Fsp3) is 0.429. The second-order valence-electron chi connectivity index (χ2n) is 5.35. The monoisotopic (exact) mass is 274 g/mol. The van der Waals surface area contributed by atoms with Crippen molar-refractivity contribution in [1.82, 2.24) is 9.36 Å². The van der Waals surface area contributed by atoms with E-state index in [9.17, 15) is 0 Å². The highest BCUT2D eigenvalue weighted by atomic mass is 32.1. The van der Waals surface area contributed by atoms with Gasteiger partial charge >= 0.3 is 0 Å². The highest BCUT2D eigenvalue weighted by molar-refractivity contribution is 7.11. The Kier molecular flexibility index (Phi) is 3.14. The first-order valence-electron chi connectivity index (χ1n) is 6.57. The minimum absolute atomic E-state index is 0.611. The molecule has 1 fully saturated rings. The number of pyridine rings is 1. The van der Waals surface area contributed by atoms with Gasteiger partial charge in [0.05, 0.1) is 5.56 Å². The molecular weight excluding hydrogens is 256 g/mol. The van der Waals surface area contributed by atoms with Crippen molar-refractivity contribution in [2.45, 2.75) is 13.8 Å². The molecule has 2 aromatic heterocycles. The molecule has 0 bridgehead atoms. The van der Waals surface area contributed by atoms with Crippen molar-refractivity contribution in [3.63, 3.8) is 0 Å². The van der Waals surface area contributed by atoms with Crippen LogP contribution in [0.5, 0.6) is 0 Å². The Morgan fingerprint density at radius 3 is 2.68 bits per heavy atom. The molecule has 100 valence electrons. The number of hydrogen-bond acceptors (Lipinski definition) is 5. The van der Waals surface area contributed by atoms with Crippen LogP contribution in [-0.4, -0.2) is 22.4 Å².